The SMILES string of the molecule is NC1CCN(C(=O)CCNC(=O)c2n[nH]c3ccccc23)CC1. The van der Waals surface area contributed by atoms with Crippen molar-refractivity contribution in [1.82, 2.24) is 20.4 Å². The number of fused-ring (bicyclic) bond motifs is 1. The molecular weight excluding hydrogens is 294 g/mol. The van der Waals surface area contributed by atoms with Crippen molar-refractivity contribution in [3.05, 3.63) is 30.0 Å². The number of H-pyrrole nitrogens is 1. The Kier molecular flexibility index (Phi) is 4.57. The molecule has 1 saturated heterocycles. The lowest BCUT2D eigenvalue weighted by molar-refractivity contribution is -0.132. The number of nitrogens with two attached hydrogens (primary N) is 1. The summed E-state index contributed by atoms with van der Waals surface area (Å²) in [6, 6.07) is 7.65. The molecule has 1 fully saturated rings. The number of piperidine rings is 1. The number of carbonyl (C=O) groups is 2. The Balaban J connectivity index is 1.50. The maximum atomic E-state index is 12.2. The van der Waals surface area contributed by atoms with Gasteiger partial charge in [0, 0.05) is 37.5 Å². The van der Waals surface area contributed by atoms with Crippen LogP contribution in [0.3, 0.4) is 0 Å². The summed E-state index contributed by atoms with van der Waals surface area (Å²) >= 11 is 0. The molecule has 0 aliphatic carbocycles. The van der Waals surface area contributed by atoms with Crippen molar-refractivity contribution in [3.8, 4) is 0 Å². The Labute approximate surface area is 134 Å². The third-order valence-electron chi connectivity index (χ3n) is 4.20. The molecule has 122 valence electrons. The molecule has 0 bridgehead atoms. The molecule has 7 nitrogen and oxygen atoms in total. The van der Waals surface area contributed by atoms with E-state index in [2.05, 4.69) is 15.5 Å². The van der Waals surface area contributed by atoms with Crippen molar-refractivity contribution in [2.24, 2.45) is 5.73 Å². The first-order valence-corrected chi connectivity index (χ1v) is 7.90. The summed E-state index contributed by atoms with van der Waals surface area (Å²) in [6.45, 7) is 1.72. The zero-order chi connectivity index (χ0) is 16.2. The number of nitrogens with zero attached hydrogens (tertiary/aromatic N) is 2. The second kappa shape index (κ2) is 6.78. The molecule has 4 N–H and O–H groups in total. The molecule has 2 heterocycles. The third-order valence-corrected chi connectivity index (χ3v) is 4.20. The molecule has 2 aromatic rings. The first-order chi connectivity index (χ1) is 11.1. The van der Waals surface area contributed by atoms with Crippen LogP contribution in [-0.2, 0) is 4.79 Å². The minimum absolute atomic E-state index is 0.0593. The average molecular weight is 315 g/mol. The van der Waals surface area contributed by atoms with Gasteiger partial charge in [-0.2, -0.15) is 5.10 Å². The number of aromatic amines is 1. The Hall–Kier alpha value is -2.41. The van der Waals surface area contributed by atoms with Gasteiger partial charge in [-0.25, -0.2) is 0 Å². The first kappa shape index (κ1) is 15.5. The van der Waals surface area contributed by atoms with Gasteiger partial charge in [-0.3, -0.25) is 14.7 Å². The molecule has 2 amide bonds. The topological polar surface area (TPSA) is 104 Å². The van der Waals surface area contributed by atoms with Gasteiger partial charge in [0.25, 0.3) is 5.91 Å². The average Bonchev–Trinajstić information content (AvgIpc) is 2.99. The summed E-state index contributed by atoms with van der Waals surface area (Å²) in [6.07, 6.45) is 1.98. The molecule has 0 radical (unpaired) electrons. The molecule has 3 rings (SSSR count). The molecule has 0 unspecified atom stereocenters. The normalized spacial score (nSPS) is 15.8. The Morgan fingerprint density at radius 1 is 1.30 bits per heavy atom. The number of benzene rings is 1. The van der Waals surface area contributed by atoms with Crippen LogP contribution in [-0.4, -0.2) is 52.6 Å². The maximum absolute atomic E-state index is 12.2. The van der Waals surface area contributed by atoms with Crippen LogP contribution >= 0.6 is 0 Å². The molecule has 0 saturated carbocycles. The fraction of sp³-hybridized carbons (Fsp3) is 0.438. The molecule has 1 aromatic carbocycles. The van der Waals surface area contributed by atoms with E-state index in [-0.39, 0.29) is 17.9 Å². The molecule has 23 heavy (non-hydrogen) atoms. The molecular formula is C16H21N5O2. The summed E-state index contributed by atoms with van der Waals surface area (Å²) in [5.41, 5.74) is 7.01. The quantitative estimate of drug-likeness (QED) is 0.770. The number of rotatable bonds is 4. The molecule has 1 aliphatic heterocycles. The second-order valence-corrected chi connectivity index (χ2v) is 5.84. The molecule has 7 heteroatoms. The van der Waals surface area contributed by atoms with Crippen LogP contribution in [0.25, 0.3) is 10.9 Å². The highest BCUT2D eigenvalue weighted by Crippen LogP contribution is 2.14. The predicted molar refractivity (Wildman–Crippen MR) is 86.8 cm³/mol. The van der Waals surface area contributed by atoms with Crippen molar-refractivity contribution >= 4 is 22.7 Å². The predicted octanol–water partition coefficient (Wildman–Crippen LogP) is 0.633. The number of amides is 2. The van der Waals surface area contributed by atoms with Crippen LogP contribution < -0.4 is 11.1 Å². The number of carbonyl (C=O) groups excluding carboxylic acids is 2. The van der Waals surface area contributed by atoms with Gasteiger partial charge in [-0.1, -0.05) is 18.2 Å². The highest BCUT2D eigenvalue weighted by atomic mass is 16.2. The number of hydrogen-bond acceptors (Lipinski definition) is 4. The Morgan fingerprint density at radius 2 is 2.04 bits per heavy atom. The largest absolute Gasteiger partial charge is 0.350 e. The fourth-order valence-corrected chi connectivity index (χ4v) is 2.81. The zero-order valence-electron chi connectivity index (χ0n) is 12.9. The number of nitrogens with one attached hydrogen (secondary N) is 2. The van der Waals surface area contributed by atoms with Crippen LogP contribution in [0.15, 0.2) is 24.3 Å². The van der Waals surface area contributed by atoms with Gasteiger partial charge in [0.15, 0.2) is 5.69 Å². The number of likely N-dealkylation sites (tertiary alicyclic amines) is 1. The van der Waals surface area contributed by atoms with E-state index >= 15 is 0 Å². The van der Waals surface area contributed by atoms with Crippen LogP contribution in [0.4, 0.5) is 0 Å². The fourth-order valence-electron chi connectivity index (χ4n) is 2.81. The van der Waals surface area contributed by atoms with Gasteiger partial charge >= 0.3 is 0 Å². The van der Waals surface area contributed by atoms with Gasteiger partial charge in [-0.05, 0) is 18.9 Å². The zero-order valence-corrected chi connectivity index (χ0v) is 12.9. The Bertz CT molecular complexity index is 703. The van der Waals surface area contributed by atoms with E-state index in [1.54, 1.807) is 0 Å². The van der Waals surface area contributed by atoms with E-state index in [1.165, 1.54) is 0 Å². The van der Waals surface area contributed by atoms with Crippen molar-refractivity contribution in [2.75, 3.05) is 19.6 Å². The highest BCUT2D eigenvalue weighted by molar-refractivity contribution is 6.04. The molecule has 0 atom stereocenters. The van der Waals surface area contributed by atoms with Crippen LogP contribution in [0, 0.1) is 0 Å². The van der Waals surface area contributed by atoms with Gasteiger partial charge in [0.05, 0.1) is 5.52 Å². The second-order valence-electron chi connectivity index (χ2n) is 5.84. The number of para-hydroxylation sites is 1. The first-order valence-electron chi connectivity index (χ1n) is 7.90. The maximum Gasteiger partial charge on any atom is 0.272 e. The van der Waals surface area contributed by atoms with Gasteiger partial charge in [-0.15, -0.1) is 0 Å². The van der Waals surface area contributed by atoms with E-state index in [9.17, 15) is 9.59 Å². The third kappa shape index (κ3) is 3.50. The van der Waals surface area contributed by atoms with Crippen molar-refractivity contribution < 1.29 is 9.59 Å². The summed E-state index contributed by atoms with van der Waals surface area (Å²) in [7, 11) is 0. The van der Waals surface area contributed by atoms with Crippen molar-refractivity contribution in [3.63, 3.8) is 0 Å². The summed E-state index contributed by atoms with van der Waals surface area (Å²) in [5.74, 6) is -0.208. The van der Waals surface area contributed by atoms with Crippen LogP contribution in [0.2, 0.25) is 0 Å². The van der Waals surface area contributed by atoms with Gasteiger partial charge < -0.3 is 16.0 Å². The van der Waals surface area contributed by atoms with E-state index in [1.807, 2.05) is 29.2 Å². The highest BCUT2D eigenvalue weighted by Gasteiger charge is 2.20. The minimum Gasteiger partial charge on any atom is -0.350 e. The Morgan fingerprint density at radius 3 is 2.83 bits per heavy atom. The summed E-state index contributed by atoms with van der Waals surface area (Å²) in [5, 5.41) is 10.4. The van der Waals surface area contributed by atoms with Crippen molar-refractivity contribution in [2.45, 2.75) is 25.3 Å². The molecule has 0 spiro atoms. The summed E-state index contributed by atoms with van der Waals surface area (Å²) < 4.78 is 0. The smallest absolute Gasteiger partial charge is 0.272 e. The lowest BCUT2D eigenvalue weighted by Crippen LogP contribution is -2.43. The molecule has 1 aliphatic rings. The minimum atomic E-state index is -0.268. The van der Waals surface area contributed by atoms with E-state index in [0.717, 1.165) is 23.7 Å². The van der Waals surface area contributed by atoms with Gasteiger partial charge in [0.1, 0.15) is 0 Å². The standard InChI is InChI=1S/C16H21N5O2/c17-11-6-9-21(10-7-11)14(22)5-8-18-16(23)15-12-3-1-2-4-13(12)19-20-15/h1-4,11H,5-10,17H2,(H,18,23)(H,19,20). The number of aromatic nitrogens is 2. The van der Waals surface area contributed by atoms with Crippen molar-refractivity contribution in [1.29, 1.82) is 0 Å². The lowest BCUT2D eigenvalue weighted by Gasteiger charge is -2.30. The summed E-state index contributed by atoms with van der Waals surface area (Å²) in [4.78, 5) is 26.1. The lowest BCUT2D eigenvalue weighted by atomic mass is 10.1. The van der Waals surface area contributed by atoms with E-state index in [0.29, 0.717) is 31.7 Å². The van der Waals surface area contributed by atoms with E-state index < -0.39 is 0 Å². The molecule has 1 aromatic heterocycles. The van der Waals surface area contributed by atoms with E-state index in [4.69, 9.17) is 5.73 Å². The van der Waals surface area contributed by atoms with Crippen LogP contribution in [0.1, 0.15) is 29.8 Å². The van der Waals surface area contributed by atoms with Crippen LogP contribution in [0.5, 0.6) is 0 Å². The van der Waals surface area contributed by atoms with Gasteiger partial charge in [0.2, 0.25) is 5.91 Å². The number of hydrogen-bond donors (Lipinski definition) is 3. The monoisotopic (exact) mass is 315 g/mol.